The first-order valence-electron chi connectivity index (χ1n) is 5.21. The number of hydrogen-bond acceptors (Lipinski definition) is 3. The number of aliphatic hydroxyl groups excluding tert-OH is 1. The molecule has 2 atom stereocenters. The van der Waals surface area contributed by atoms with Gasteiger partial charge < -0.3 is 15.5 Å². The number of rotatable bonds is 4. The van der Waals surface area contributed by atoms with E-state index < -0.39 is 0 Å². The zero-order valence-corrected chi connectivity index (χ0v) is 9.49. The van der Waals surface area contributed by atoms with Crippen molar-refractivity contribution in [3.8, 4) is 5.75 Å². The highest BCUT2D eigenvalue weighted by molar-refractivity contribution is 5.37. The van der Waals surface area contributed by atoms with Crippen LogP contribution in [0.1, 0.15) is 31.0 Å². The Bertz CT molecular complexity index is 325. The highest BCUT2D eigenvalue weighted by Crippen LogP contribution is 2.25. The molecule has 3 N–H and O–H groups in total. The van der Waals surface area contributed by atoms with Gasteiger partial charge in [-0.1, -0.05) is 17.7 Å². The molecule has 0 fully saturated rings. The summed E-state index contributed by atoms with van der Waals surface area (Å²) in [5, 5.41) is 21.8. The van der Waals surface area contributed by atoms with Gasteiger partial charge in [0.15, 0.2) is 0 Å². The summed E-state index contributed by atoms with van der Waals surface area (Å²) in [4.78, 5) is 0. The largest absolute Gasteiger partial charge is 0.508 e. The van der Waals surface area contributed by atoms with E-state index in [1.165, 1.54) is 0 Å². The van der Waals surface area contributed by atoms with Crippen LogP contribution in [-0.4, -0.2) is 22.9 Å². The molecule has 1 aromatic carbocycles. The molecule has 0 aliphatic rings. The number of nitrogens with one attached hydrogen (secondary N) is 1. The van der Waals surface area contributed by atoms with E-state index in [0.717, 1.165) is 11.1 Å². The lowest BCUT2D eigenvalue weighted by Crippen LogP contribution is -2.31. The van der Waals surface area contributed by atoms with Crippen LogP contribution in [0.3, 0.4) is 0 Å². The fourth-order valence-corrected chi connectivity index (χ4v) is 1.59. The predicted molar refractivity (Wildman–Crippen MR) is 60.9 cm³/mol. The van der Waals surface area contributed by atoms with E-state index in [2.05, 4.69) is 5.32 Å². The summed E-state index contributed by atoms with van der Waals surface area (Å²) in [6.45, 7) is 5.96. The second kappa shape index (κ2) is 5.14. The highest BCUT2D eigenvalue weighted by atomic mass is 16.3. The van der Waals surface area contributed by atoms with Crippen LogP contribution in [0.5, 0.6) is 5.75 Å². The summed E-state index contributed by atoms with van der Waals surface area (Å²) in [6, 6.07) is 5.59. The number of phenols is 1. The molecule has 84 valence electrons. The fourth-order valence-electron chi connectivity index (χ4n) is 1.59. The first-order valence-corrected chi connectivity index (χ1v) is 5.21. The Balaban J connectivity index is 2.80. The van der Waals surface area contributed by atoms with Crippen molar-refractivity contribution >= 4 is 0 Å². The van der Waals surface area contributed by atoms with Crippen molar-refractivity contribution in [2.75, 3.05) is 6.61 Å². The Morgan fingerprint density at radius 2 is 2.00 bits per heavy atom. The molecule has 0 amide bonds. The highest BCUT2D eigenvalue weighted by Gasteiger charge is 2.12. The second-order valence-corrected chi connectivity index (χ2v) is 4.03. The van der Waals surface area contributed by atoms with E-state index in [0.29, 0.717) is 5.75 Å². The Hall–Kier alpha value is -1.06. The van der Waals surface area contributed by atoms with Gasteiger partial charge in [0.05, 0.1) is 6.61 Å². The van der Waals surface area contributed by atoms with E-state index >= 15 is 0 Å². The minimum atomic E-state index is 0.0277. The molecule has 0 aromatic heterocycles. The van der Waals surface area contributed by atoms with E-state index in [9.17, 15) is 5.11 Å². The Morgan fingerprint density at radius 1 is 1.33 bits per heavy atom. The topological polar surface area (TPSA) is 52.5 Å². The van der Waals surface area contributed by atoms with Crippen molar-refractivity contribution in [2.24, 2.45) is 0 Å². The molecule has 1 rings (SSSR count). The lowest BCUT2D eigenvalue weighted by atomic mass is 10.0. The third-order valence-corrected chi connectivity index (χ3v) is 2.46. The van der Waals surface area contributed by atoms with Crippen LogP contribution in [0.25, 0.3) is 0 Å². The first kappa shape index (κ1) is 12.0. The van der Waals surface area contributed by atoms with Gasteiger partial charge in [0.1, 0.15) is 5.75 Å². The van der Waals surface area contributed by atoms with Gasteiger partial charge in [0.25, 0.3) is 0 Å². The molecule has 0 saturated carbocycles. The van der Waals surface area contributed by atoms with Crippen LogP contribution >= 0.6 is 0 Å². The van der Waals surface area contributed by atoms with Gasteiger partial charge in [-0.2, -0.15) is 0 Å². The SMILES string of the molecule is Cc1ccc(O)c(C(C)N[C@@H](C)CO)c1. The number of phenolic OH excluding ortho intramolecular Hbond substituents is 1. The minimum Gasteiger partial charge on any atom is -0.508 e. The molecule has 3 heteroatoms. The maximum absolute atomic E-state index is 9.69. The van der Waals surface area contributed by atoms with Gasteiger partial charge in [-0.3, -0.25) is 0 Å². The summed E-state index contributed by atoms with van der Waals surface area (Å²) >= 11 is 0. The van der Waals surface area contributed by atoms with Crippen LogP contribution < -0.4 is 5.32 Å². The maximum Gasteiger partial charge on any atom is 0.120 e. The third kappa shape index (κ3) is 3.22. The number of aliphatic hydroxyl groups is 1. The van der Waals surface area contributed by atoms with Crippen molar-refractivity contribution in [3.05, 3.63) is 29.3 Å². The van der Waals surface area contributed by atoms with Gasteiger partial charge in [0, 0.05) is 17.6 Å². The molecular formula is C12H19NO2. The molecule has 1 aromatic rings. The molecular weight excluding hydrogens is 190 g/mol. The quantitative estimate of drug-likeness (QED) is 0.708. The number of benzene rings is 1. The summed E-state index contributed by atoms with van der Waals surface area (Å²) in [6.07, 6.45) is 0. The smallest absolute Gasteiger partial charge is 0.120 e. The minimum absolute atomic E-state index is 0.0277. The van der Waals surface area contributed by atoms with Gasteiger partial charge >= 0.3 is 0 Å². The van der Waals surface area contributed by atoms with Crippen molar-refractivity contribution in [2.45, 2.75) is 32.9 Å². The van der Waals surface area contributed by atoms with Crippen LogP contribution in [-0.2, 0) is 0 Å². The van der Waals surface area contributed by atoms with Crippen molar-refractivity contribution in [1.29, 1.82) is 0 Å². The van der Waals surface area contributed by atoms with Gasteiger partial charge in [-0.25, -0.2) is 0 Å². The van der Waals surface area contributed by atoms with Crippen molar-refractivity contribution in [1.82, 2.24) is 5.32 Å². The molecule has 15 heavy (non-hydrogen) atoms. The average Bonchev–Trinajstić information content (AvgIpc) is 2.21. The molecule has 3 nitrogen and oxygen atoms in total. The zero-order valence-electron chi connectivity index (χ0n) is 9.49. The van der Waals surface area contributed by atoms with E-state index in [-0.39, 0.29) is 18.7 Å². The van der Waals surface area contributed by atoms with Gasteiger partial charge in [0.2, 0.25) is 0 Å². The van der Waals surface area contributed by atoms with Crippen LogP contribution in [0.15, 0.2) is 18.2 Å². The van der Waals surface area contributed by atoms with E-state index in [4.69, 9.17) is 5.11 Å². The monoisotopic (exact) mass is 209 g/mol. The maximum atomic E-state index is 9.69. The number of aromatic hydroxyl groups is 1. The van der Waals surface area contributed by atoms with Crippen LogP contribution in [0.2, 0.25) is 0 Å². The summed E-state index contributed by atoms with van der Waals surface area (Å²) in [5.74, 6) is 0.297. The van der Waals surface area contributed by atoms with Crippen LogP contribution in [0, 0.1) is 6.92 Å². The molecule has 0 radical (unpaired) electrons. The van der Waals surface area contributed by atoms with Crippen LogP contribution in [0.4, 0.5) is 0 Å². The Kier molecular flexibility index (Phi) is 4.12. The summed E-state index contributed by atoms with van der Waals surface area (Å²) < 4.78 is 0. The predicted octanol–water partition coefficient (Wildman–Crippen LogP) is 1.73. The van der Waals surface area contributed by atoms with E-state index in [1.54, 1.807) is 6.07 Å². The standard InChI is InChI=1S/C12H19NO2/c1-8-4-5-12(15)11(6-8)10(3)13-9(2)7-14/h4-6,9-10,13-15H,7H2,1-3H3/t9-,10?/m0/s1. The van der Waals surface area contributed by atoms with Gasteiger partial charge in [-0.05, 0) is 26.8 Å². The lowest BCUT2D eigenvalue weighted by molar-refractivity contribution is 0.242. The first-order chi connectivity index (χ1) is 7.04. The molecule has 0 aliphatic heterocycles. The summed E-state index contributed by atoms with van der Waals surface area (Å²) in [7, 11) is 0. The average molecular weight is 209 g/mol. The van der Waals surface area contributed by atoms with E-state index in [1.807, 2.05) is 32.9 Å². The third-order valence-electron chi connectivity index (χ3n) is 2.46. The Labute approximate surface area is 90.8 Å². The normalized spacial score (nSPS) is 14.9. The summed E-state index contributed by atoms with van der Waals surface area (Å²) in [5.41, 5.74) is 1.99. The van der Waals surface area contributed by atoms with Crippen molar-refractivity contribution < 1.29 is 10.2 Å². The molecule has 0 spiro atoms. The molecule has 0 bridgehead atoms. The zero-order chi connectivity index (χ0) is 11.4. The second-order valence-electron chi connectivity index (χ2n) is 4.03. The molecule has 1 unspecified atom stereocenters. The Morgan fingerprint density at radius 3 is 2.60 bits per heavy atom. The lowest BCUT2D eigenvalue weighted by Gasteiger charge is -2.19. The van der Waals surface area contributed by atoms with Crippen molar-refractivity contribution in [3.63, 3.8) is 0 Å². The molecule has 0 heterocycles. The fraction of sp³-hybridized carbons (Fsp3) is 0.500. The molecule has 0 aliphatic carbocycles. The number of hydrogen-bond donors (Lipinski definition) is 3. The molecule has 0 saturated heterocycles. The van der Waals surface area contributed by atoms with Gasteiger partial charge in [-0.15, -0.1) is 0 Å². The number of aryl methyl sites for hydroxylation is 1.